The molecule has 3 nitrogen and oxygen atoms in total. The smallest absolute Gasteiger partial charge is 0.137 e. The van der Waals surface area contributed by atoms with Crippen molar-refractivity contribution in [3.8, 4) is 16.9 Å². The number of furan rings is 1. The van der Waals surface area contributed by atoms with Crippen LogP contribution in [0.4, 0.5) is 0 Å². The average molecular weight is 489 g/mol. The molecule has 0 radical (unpaired) electrons. The molecule has 7 rings (SSSR count). The largest absolute Gasteiger partial charge is 0.456 e. The third kappa shape index (κ3) is 3.64. The number of nitrogens with zero attached hydrogens (tertiary/aromatic N) is 2. The molecule has 0 aliphatic rings. The minimum atomic E-state index is 0.863. The number of pyridine rings is 1. The zero-order valence-corrected chi connectivity index (χ0v) is 20.7. The van der Waals surface area contributed by atoms with E-state index >= 15 is 0 Å². The first-order valence-corrected chi connectivity index (χ1v) is 12.7. The van der Waals surface area contributed by atoms with E-state index in [0.29, 0.717) is 0 Å². The van der Waals surface area contributed by atoms with Crippen molar-refractivity contribution in [1.82, 2.24) is 9.55 Å². The van der Waals surface area contributed by atoms with Crippen molar-refractivity contribution >= 4 is 51.1 Å². The van der Waals surface area contributed by atoms with E-state index in [1.165, 1.54) is 0 Å². The van der Waals surface area contributed by atoms with Gasteiger partial charge in [-0.3, -0.25) is 4.57 Å². The van der Waals surface area contributed by atoms with E-state index in [4.69, 9.17) is 9.40 Å². The van der Waals surface area contributed by atoms with E-state index in [-0.39, 0.29) is 0 Å². The van der Waals surface area contributed by atoms with Crippen molar-refractivity contribution in [2.75, 3.05) is 0 Å². The van der Waals surface area contributed by atoms with Crippen LogP contribution < -0.4 is 0 Å². The van der Waals surface area contributed by atoms with Crippen molar-refractivity contribution in [1.29, 1.82) is 0 Å². The molecule has 0 saturated carbocycles. The minimum Gasteiger partial charge on any atom is -0.456 e. The number of aromatic nitrogens is 2. The lowest BCUT2D eigenvalue weighted by Crippen LogP contribution is -1.99. The van der Waals surface area contributed by atoms with Crippen molar-refractivity contribution in [3.05, 3.63) is 139 Å². The summed E-state index contributed by atoms with van der Waals surface area (Å²) in [6, 6.07) is 37.4. The maximum Gasteiger partial charge on any atom is 0.137 e. The van der Waals surface area contributed by atoms with Gasteiger partial charge >= 0.3 is 0 Å². The van der Waals surface area contributed by atoms with Crippen LogP contribution in [0.25, 0.3) is 68.0 Å². The molecule has 4 aromatic carbocycles. The summed E-state index contributed by atoms with van der Waals surface area (Å²) in [4.78, 5) is 4.85. The van der Waals surface area contributed by atoms with Crippen LogP contribution >= 0.6 is 0 Å². The maximum absolute atomic E-state index is 6.01. The first-order valence-electron chi connectivity index (χ1n) is 12.7. The van der Waals surface area contributed by atoms with Gasteiger partial charge in [-0.25, -0.2) is 4.98 Å². The second-order valence-electron chi connectivity index (χ2n) is 9.31. The fourth-order valence-corrected chi connectivity index (χ4v) is 5.25. The van der Waals surface area contributed by atoms with Gasteiger partial charge in [-0.2, -0.15) is 0 Å². The lowest BCUT2D eigenvalue weighted by molar-refractivity contribution is 0.669. The lowest BCUT2D eigenvalue weighted by atomic mass is 10.1. The first kappa shape index (κ1) is 22.1. The summed E-state index contributed by atoms with van der Waals surface area (Å²) in [7, 11) is 0. The molecule has 0 N–H and O–H groups in total. The number of benzene rings is 4. The molecule has 3 heteroatoms. The minimum absolute atomic E-state index is 0.863. The van der Waals surface area contributed by atoms with Gasteiger partial charge in [0.1, 0.15) is 17.0 Å². The standard InChI is InChI=1S/C35H24N2O/c1-2-31-28(19-16-24-17-20-34-30(22-24)29-13-7-9-15-33(29)38-34)27-12-6-8-14-32(27)37(31)35-21-18-26(23-36-35)25-10-4-3-5-11-25/h2-23H,1H2/b19-16+. The fraction of sp³-hybridized carbons (Fsp3) is 0. The van der Waals surface area contributed by atoms with Crippen LogP contribution in [0.5, 0.6) is 0 Å². The van der Waals surface area contributed by atoms with E-state index in [9.17, 15) is 0 Å². The molecule has 0 saturated heterocycles. The second kappa shape index (κ2) is 9.06. The number of fused-ring (bicyclic) bond motifs is 4. The predicted octanol–water partition coefficient (Wildman–Crippen LogP) is 9.41. The summed E-state index contributed by atoms with van der Waals surface area (Å²) in [5.41, 5.74) is 8.38. The van der Waals surface area contributed by atoms with Crippen LogP contribution in [-0.4, -0.2) is 9.55 Å². The van der Waals surface area contributed by atoms with Crippen LogP contribution in [0.3, 0.4) is 0 Å². The van der Waals surface area contributed by atoms with Crippen molar-refractivity contribution < 1.29 is 4.42 Å². The van der Waals surface area contributed by atoms with Gasteiger partial charge in [0.05, 0.1) is 11.2 Å². The molecule has 0 aliphatic heterocycles. The Morgan fingerprint density at radius 3 is 2.24 bits per heavy atom. The Morgan fingerprint density at radius 1 is 0.658 bits per heavy atom. The molecule has 38 heavy (non-hydrogen) atoms. The highest BCUT2D eigenvalue weighted by Gasteiger charge is 2.15. The van der Waals surface area contributed by atoms with E-state index in [0.717, 1.165) is 66.6 Å². The molecule has 0 fully saturated rings. The van der Waals surface area contributed by atoms with Crippen LogP contribution in [0.15, 0.2) is 126 Å². The number of hydrogen-bond acceptors (Lipinski definition) is 2. The zero-order chi connectivity index (χ0) is 25.5. The summed E-state index contributed by atoms with van der Waals surface area (Å²) >= 11 is 0. The molecule has 0 unspecified atom stereocenters. The van der Waals surface area contributed by atoms with Gasteiger partial charge in [-0.05, 0) is 53.6 Å². The van der Waals surface area contributed by atoms with Gasteiger partial charge in [0.25, 0.3) is 0 Å². The third-order valence-electron chi connectivity index (χ3n) is 7.07. The Bertz CT molecular complexity index is 1970. The van der Waals surface area contributed by atoms with Gasteiger partial charge in [0.2, 0.25) is 0 Å². The van der Waals surface area contributed by atoms with Crippen molar-refractivity contribution in [3.63, 3.8) is 0 Å². The fourth-order valence-electron chi connectivity index (χ4n) is 5.25. The molecular weight excluding hydrogens is 464 g/mol. The Labute approximate surface area is 220 Å². The Kier molecular flexibility index (Phi) is 5.26. The van der Waals surface area contributed by atoms with E-state index in [1.807, 2.05) is 54.7 Å². The van der Waals surface area contributed by atoms with E-state index in [1.54, 1.807) is 0 Å². The van der Waals surface area contributed by atoms with Crippen LogP contribution in [0.2, 0.25) is 0 Å². The highest BCUT2D eigenvalue weighted by atomic mass is 16.3. The Morgan fingerprint density at radius 2 is 1.42 bits per heavy atom. The van der Waals surface area contributed by atoms with Gasteiger partial charge in [-0.15, -0.1) is 0 Å². The average Bonchev–Trinajstić information content (AvgIpc) is 3.51. The molecule has 0 spiro atoms. The molecule has 3 heterocycles. The van der Waals surface area contributed by atoms with Crippen molar-refractivity contribution in [2.45, 2.75) is 0 Å². The molecule has 180 valence electrons. The maximum atomic E-state index is 6.01. The SMILES string of the molecule is C=Cc1c(/C=C/c2ccc3oc4ccccc4c3c2)c2ccccc2n1-c1ccc(-c2ccccc2)cn1. The van der Waals surface area contributed by atoms with Gasteiger partial charge in [0.15, 0.2) is 0 Å². The monoisotopic (exact) mass is 488 g/mol. The summed E-state index contributed by atoms with van der Waals surface area (Å²) in [6.07, 6.45) is 8.19. The molecular formula is C35H24N2O. The quantitative estimate of drug-likeness (QED) is 0.242. The zero-order valence-electron chi connectivity index (χ0n) is 20.7. The first-order chi connectivity index (χ1) is 18.8. The van der Waals surface area contributed by atoms with Crippen molar-refractivity contribution in [2.24, 2.45) is 0 Å². The number of rotatable bonds is 5. The molecule has 7 aromatic rings. The van der Waals surface area contributed by atoms with Crippen LogP contribution in [-0.2, 0) is 0 Å². The number of hydrogen-bond donors (Lipinski definition) is 0. The van der Waals surface area contributed by atoms with Gasteiger partial charge in [0, 0.05) is 33.5 Å². The summed E-state index contributed by atoms with van der Waals surface area (Å²) in [6.45, 7) is 4.17. The normalized spacial score (nSPS) is 11.7. The van der Waals surface area contributed by atoms with E-state index < -0.39 is 0 Å². The highest BCUT2D eigenvalue weighted by Crippen LogP contribution is 2.33. The van der Waals surface area contributed by atoms with Crippen LogP contribution in [0, 0.1) is 0 Å². The summed E-state index contributed by atoms with van der Waals surface area (Å²) in [5.74, 6) is 0.863. The molecule has 0 aliphatic carbocycles. The molecule has 0 amide bonds. The lowest BCUT2D eigenvalue weighted by Gasteiger charge is -2.09. The Hall–Kier alpha value is -5.15. The predicted molar refractivity (Wildman–Crippen MR) is 159 cm³/mol. The third-order valence-corrected chi connectivity index (χ3v) is 7.07. The molecule has 0 bridgehead atoms. The van der Waals surface area contributed by atoms with Gasteiger partial charge < -0.3 is 4.42 Å². The molecule has 0 atom stereocenters. The van der Waals surface area contributed by atoms with Crippen LogP contribution in [0.1, 0.15) is 16.8 Å². The van der Waals surface area contributed by atoms with E-state index in [2.05, 4.69) is 90.0 Å². The second-order valence-corrected chi connectivity index (χ2v) is 9.31. The topological polar surface area (TPSA) is 31.0 Å². The Balaban J connectivity index is 1.33. The number of para-hydroxylation sites is 2. The molecule has 3 aromatic heterocycles. The summed E-state index contributed by atoms with van der Waals surface area (Å²) in [5, 5.41) is 3.41. The summed E-state index contributed by atoms with van der Waals surface area (Å²) < 4.78 is 8.19. The highest BCUT2D eigenvalue weighted by molar-refractivity contribution is 6.06. The van der Waals surface area contributed by atoms with Gasteiger partial charge in [-0.1, -0.05) is 91.5 Å².